The number of unbranched alkanes of at least 4 members (excludes halogenated alkanes) is 2. The molecule has 13 rings (SSSR count). The van der Waals surface area contributed by atoms with Gasteiger partial charge in [-0.05, 0) is 166 Å². The summed E-state index contributed by atoms with van der Waals surface area (Å²) in [5, 5.41) is 30.1. The Hall–Kier alpha value is -9.13. The van der Waals surface area contributed by atoms with Gasteiger partial charge in [0.15, 0.2) is 5.75 Å². The Balaban J connectivity index is 0.000000244. The zero-order valence-electron chi connectivity index (χ0n) is 78.5. The van der Waals surface area contributed by atoms with E-state index < -0.39 is 14.8 Å². The molecular weight excluding hydrogens is 1960 g/mol. The molecule has 2 unspecified atom stereocenters. The molecule has 0 saturated carbocycles. The van der Waals surface area contributed by atoms with Gasteiger partial charge >= 0.3 is 24.7 Å². The summed E-state index contributed by atoms with van der Waals surface area (Å²) < 4.78 is 84.6. The molecule has 1 saturated heterocycles. The van der Waals surface area contributed by atoms with Gasteiger partial charge in [-0.3, -0.25) is 38.4 Å². The molecule has 0 aliphatic carbocycles. The zero-order chi connectivity index (χ0) is 96.7. The van der Waals surface area contributed by atoms with Crippen LogP contribution in [0.4, 0.5) is 11.4 Å². The zero-order valence-corrected chi connectivity index (χ0v) is 87.4. The number of nitrogens with two attached hydrogens (primary N) is 2. The highest BCUT2D eigenvalue weighted by atomic mass is 79.9. The van der Waals surface area contributed by atoms with Crippen LogP contribution in [0.1, 0.15) is 156 Å². The number of nitrogen functional groups attached to an aromatic ring is 1. The number of carbonyl (C=O) groups excluding carboxylic acids is 2. The van der Waals surface area contributed by atoms with Crippen molar-refractivity contribution in [2.75, 3.05) is 66.0 Å². The lowest BCUT2D eigenvalue weighted by Crippen LogP contribution is -2.41. The van der Waals surface area contributed by atoms with Crippen LogP contribution in [0.3, 0.4) is 0 Å². The first-order valence-electron chi connectivity index (χ1n) is 43.1. The van der Waals surface area contributed by atoms with E-state index >= 15 is 0 Å². The highest BCUT2D eigenvalue weighted by Crippen LogP contribution is 2.42. The van der Waals surface area contributed by atoms with Crippen molar-refractivity contribution in [1.82, 2.24) is 54.1 Å². The number of sulfone groups is 1. The van der Waals surface area contributed by atoms with E-state index in [9.17, 15) is 28.1 Å². The third-order valence-electron chi connectivity index (χ3n) is 20.7. The van der Waals surface area contributed by atoms with Gasteiger partial charge in [-0.1, -0.05) is 115 Å². The summed E-state index contributed by atoms with van der Waals surface area (Å²) in [5.41, 5.74) is 17.9. The van der Waals surface area contributed by atoms with Crippen molar-refractivity contribution in [2.45, 2.75) is 199 Å². The Bertz CT molecular complexity index is 5670. The first-order valence-corrected chi connectivity index (χ1v) is 51.4. The number of thioether (sulfide) groups is 2. The number of esters is 2. The minimum absolute atomic E-state index is 0. The summed E-state index contributed by atoms with van der Waals surface area (Å²) in [5.74, 6) is 5.33. The summed E-state index contributed by atoms with van der Waals surface area (Å²) in [4.78, 5) is 49.8. The molecule has 0 bridgehead atoms. The van der Waals surface area contributed by atoms with Crippen LogP contribution in [0.5, 0.6) is 28.7 Å². The van der Waals surface area contributed by atoms with Crippen molar-refractivity contribution in [2.24, 2.45) is 45.8 Å². The second kappa shape index (κ2) is 57.0. The maximum Gasteiger partial charge on any atom is 0.498 e. The number of nitro benzene ring substituents is 1. The Labute approximate surface area is 825 Å². The van der Waals surface area contributed by atoms with E-state index in [4.69, 9.17) is 53.9 Å². The van der Waals surface area contributed by atoms with Crippen LogP contribution < -0.4 is 40.6 Å². The number of anilines is 1. The molecule has 1 fully saturated rings. The molecule has 39 heteroatoms. The Morgan fingerprint density at radius 2 is 0.985 bits per heavy atom. The predicted octanol–water partition coefficient (Wildman–Crippen LogP) is 22.2. The van der Waals surface area contributed by atoms with Gasteiger partial charge in [0, 0.05) is 141 Å². The van der Waals surface area contributed by atoms with E-state index in [1.807, 2.05) is 129 Å². The number of rotatable bonds is 37. The first kappa shape index (κ1) is 113. The highest BCUT2D eigenvalue weighted by molar-refractivity contribution is 9.11. The number of aromatic nitrogens is 11. The molecule has 5 aromatic carbocycles. The molecule has 722 valence electrons. The third kappa shape index (κ3) is 35.8. The summed E-state index contributed by atoms with van der Waals surface area (Å²) in [7, 11) is 11.4. The summed E-state index contributed by atoms with van der Waals surface area (Å²) in [6.07, 6.45) is 31.9. The van der Waals surface area contributed by atoms with Crippen LogP contribution in [0, 0.1) is 22.0 Å². The smallest absolute Gasteiger partial charge is 0.496 e. The van der Waals surface area contributed by atoms with Crippen LogP contribution in [0.25, 0.3) is 33.4 Å². The molecular formula is C94H127BBr2N14O15S7. The predicted molar refractivity (Wildman–Crippen MR) is 545 cm³/mol. The van der Waals surface area contributed by atoms with Crippen LogP contribution in [0.2, 0.25) is 0 Å². The molecule has 29 nitrogen and oxygen atoms in total. The highest BCUT2D eigenvalue weighted by Gasteiger charge is 2.52. The number of aryl methyl sites for hydroxylation is 6. The van der Waals surface area contributed by atoms with Crippen molar-refractivity contribution >= 4 is 147 Å². The molecule has 8 heterocycles. The van der Waals surface area contributed by atoms with Gasteiger partial charge in [0.1, 0.15) is 32.2 Å². The molecule has 1 aliphatic rings. The summed E-state index contributed by atoms with van der Waals surface area (Å²) >= 11 is 16.0. The third-order valence-corrected chi connectivity index (χ3v) is 30.3. The fourth-order valence-electron chi connectivity index (χ4n) is 12.5. The number of nitro groups is 1. The Morgan fingerprint density at radius 3 is 1.39 bits per heavy atom. The second-order valence-corrected chi connectivity index (χ2v) is 42.5. The van der Waals surface area contributed by atoms with Gasteiger partial charge in [0.2, 0.25) is 9.84 Å². The van der Waals surface area contributed by atoms with Crippen LogP contribution in [-0.4, -0.2) is 158 Å². The van der Waals surface area contributed by atoms with Crippen LogP contribution >= 0.6 is 101 Å². The van der Waals surface area contributed by atoms with Crippen molar-refractivity contribution < 1.29 is 65.4 Å². The van der Waals surface area contributed by atoms with E-state index in [2.05, 4.69) is 127 Å². The minimum atomic E-state index is -3.66. The number of ether oxygens (including phenoxy) is 7. The van der Waals surface area contributed by atoms with Crippen molar-refractivity contribution in [3.05, 3.63) is 193 Å². The van der Waals surface area contributed by atoms with Crippen molar-refractivity contribution in [1.29, 1.82) is 0 Å². The number of thiazole rings is 3. The fourth-order valence-corrected chi connectivity index (χ4v) is 20.3. The fraction of sp³-hybridized carbons (Fsp3) is 0.436. The maximum atomic E-state index is 12.8. The van der Waals surface area contributed by atoms with Gasteiger partial charge in [-0.15, -0.1) is 57.5 Å². The molecule has 12 aromatic rings. The van der Waals surface area contributed by atoms with E-state index in [1.165, 1.54) is 70.2 Å². The molecule has 0 radical (unpaired) electrons. The number of methoxy groups -OCH3 is 5. The lowest BCUT2D eigenvalue weighted by atomic mass is 9.82. The van der Waals surface area contributed by atoms with Crippen molar-refractivity contribution in [3.63, 3.8) is 0 Å². The van der Waals surface area contributed by atoms with Crippen LogP contribution in [0.15, 0.2) is 195 Å². The summed E-state index contributed by atoms with van der Waals surface area (Å²) in [6, 6.07) is 27.3. The molecule has 7 aromatic heterocycles. The monoisotopic (exact) mass is 2080 g/mol. The molecule has 0 amide bonds. The molecule has 0 spiro atoms. The average Bonchev–Trinajstić information content (AvgIpc) is 1.61. The normalized spacial score (nSPS) is 12.6. The van der Waals surface area contributed by atoms with Gasteiger partial charge < -0.3 is 53.9 Å². The van der Waals surface area contributed by atoms with Gasteiger partial charge in [-0.2, -0.15) is 20.4 Å². The van der Waals surface area contributed by atoms with E-state index in [0.717, 1.165) is 108 Å². The molecule has 4 N–H and O–H groups in total. The Morgan fingerprint density at radius 1 is 0.549 bits per heavy atom. The van der Waals surface area contributed by atoms with Crippen LogP contribution in [-0.2, 0) is 85.8 Å². The minimum Gasteiger partial charge on any atom is -0.496 e. The van der Waals surface area contributed by atoms with Gasteiger partial charge in [0.05, 0.1) is 144 Å². The Kier molecular flexibility index (Phi) is 48.3. The molecule has 2 atom stereocenters. The van der Waals surface area contributed by atoms with Crippen molar-refractivity contribution in [3.8, 4) is 62.1 Å². The van der Waals surface area contributed by atoms with E-state index in [-0.39, 0.29) is 64.8 Å². The number of hydrogen-bond acceptors (Lipinski definition) is 30. The standard InChI is InChI=1S/C22H32N2O3S.C18H29NO3S.C16H17N3OS2.C15H16N4O3S2.C10H17BN2O2.C7H6BrNO3.C5H6BrNS.CH4/c1-5-7-8-17(6-2)16-27-22(25)11-12-28-19-9-10-21(26-4)20(13-19)18-14-23-24(3)15-18;1-4-6-7-14(5-2)13-22-18(20)10-11-23-15-8-9-17(21-3)16(19)12-15;1-4-15-17-9-16(22-15)21-12-5-6-14(20-3)13(7-12)11-8-18-19(2)10-11;1-19-9-10(7-18-19)12-5-11(3-4-13(12)22-2)24(20,21)15-8-17-14(6-16)23-15;1-9(2)10(3,4)15-11(14-9)8-6-12-13(5)7-8;1-12-7-3-2-5(8)4-6(7)9(10)11;1-2-5-7-3-4(6)8-5;/h9-10,13-15,17H,5-8,11-12,16H2,1-4H3;8-9,12,14H,4-7,10-11,13,19H2,1-3H3;5-10H,4H2,1-3H3;3-5,7-9H,6,16H2,1-2H3;6-7H,1-5H3;2-4H,1H3;3H,2H2,1H3;1H4. The number of carbonyl (C=O) groups is 2. The topological polar surface area (TPSA) is 356 Å². The molecule has 1 aliphatic heterocycles. The second-order valence-electron chi connectivity index (χ2n) is 30.9. The number of nitrogens with zero attached hydrogens (tertiary/aromatic N) is 12. The average molecular weight is 2090 g/mol. The number of halogens is 2. The largest absolute Gasteiger partial charge is 0.498 e. The first-order chi connectivity index (χ1) is 63.1. The van der Waals surface area contributed by atoms with Gasteiger partial charge in [0.25, 0.3) is 0 Å². The van der Waals surface area contributed by atoms with E-state index in [1.54, 1.807) is 155 Å². The number of hydrogen-bond donors (Lipinski definition) is 2. The van der Waals surface area contributed by atoms with E-state index in [0.29, 0.717) is 81.6 Å². The molecule has 133 heavy (non-hydrogen) atoms. The SMILES string of the molecule is C.CCCCC(CC)COC(=O)CCSc1ccc(OC)c(-c2cnn(C)c2)c1.CCCCC(CC)COC(=O)CCSc1ccc(OC)c(N)c1.CCc1ncc(Br)s1.CCc1ncc(Sc2ccc(OC)c(-c3cnn(C)c3)c2)s1.COc1ccc(Br)cc1[N+](=O)[O-].COc1ccc(S(=O)(=O)c2cnc(CN)s2)cc1-c1cnn(C)c1.Cn1cc(B2OC(C)(C)C(C)(C)O2)cn1. The quantitative estimate of drug-likeness (QED) is 0.00912. The number of benzene rings is 5. The lowest BCUT2D eigenvalue weighted by Gasteiger charge is -2.32. The maximum absolute atomic E-state index is 12.8. The summed E-state index contributed by atoms with van der Waals surface area (Å²) in [6.45, 7) is 22.4. The van der Waals surface area contributed by atoms with Gasteiger partial charge in [-0.25, -0.2) is 23.4 Å². The lowest BCUT2D eigenvalue weighted by molar-refractivity contribution is -0.385.